The van der Waals surface area contributed by atoms with Crippen LogP contribution in [-0.2, 0) is 11.3 Å². The van der Waals surface area contributed by atoms with E-state index in [1.807, 2.05) is 63.2 Å². The number of nitrogens with one attached hydrogen (secondary N) is 1. The fraction of sp³-hybridized carbons (Fsp3) is 0.143. The summed E-state index contributed by atoms with van der Waals surface area (Å²) in [5, 5.41) is 9.04. The van der Waals surface area contributed by atoms with Crippen molar-refractivity contribution in [2.24, 2.45) is 0 Å². The van der Waals surface area contributed by atoms with Crippen molar-refractivity contribution < 1.29 is 4.79 Å². The molecular weight excluding hydrogens is 456 g/mol. The molecule has 0 fully saturated rings. The van der Waals surface area contributed by atoms with Gasteiger partial charge in [-0.15, -0.1) is 0 Å². The van der Waals surface area contributed by atoms with Gasteiger partial charge in [0, 0.05) is 10.9 Å². The van der Waals surface area contributed by atoms with Crippen molar-refractivity contribution in [3.8, 4) is 21.7 Å². The van der Waals surface area contributed by atoms with Crippen LogP contribution in [0.5, 0.6) is 0 Å². The second-order valence-corrected chi connectivity index (χ2v) is 9.57. The molecule has 0 radical (unpaired) electrons. The lowest BCUT2D eigenvalue weighted by Gasteiger charge is -2.08. The van der Waals surface area contributed by atoms with E-state index in [2.05, 4.69) is 34.7 Å². The van der Waals surface area contributed by atoms with Crippen LogP contribution in [0.3, 0.4) is 0 Å². The number of carbonyl (C=O) groups excluding carboxylic acids is 1. The standard InChI is InChI=1S/C28H24N4O2S/c1-17-8-12-20(13-9-17)25-26(21-14-10-18(2)11-15-21)35-28(30-25)29-24(33)16-32-27(34)23-7-5-4-6-22(23)19(3)31-32/h4-15H,16H2,1-3H3,(H,29,30,33). The maximum atomic E-state index is 12.9. The first-order valence-electron chi connectivity index (χ1n) is 11.3. The van der Waals surface area contributed by atoms with E-state index in [0.29, 0.717) is 16.2 Å². The van der Waals surface area contributed by atoms with Gasteiger partial charge < -0.3 is 5.32 Å². The summed E-state index contributed by atoms with van der Waals surface area (Å²) in [4.78, 5) is 31.5. The molecule has 2 heterocycles. The summed E-state index contributed by atoms with van der Waals surface area (Å²) < 4.78 is 1.21. The smallest absolute Gasteiger partial charge is 0.275 e. The van der Waals surface area contributed by atoms with Crippen LogP contribution in [-0.4, -0.2) is 20.7 Å². The average Bonchev–Trinajstić information content (AvgIpc) is 3.26. The number of fused-ring (bicyclic) bond motifs is 1. The molecule has 0 aliphatic carbocycles. The van der Waals surface area contributed by atoms with Crippen LogP contribution in [0.15, 0.2) is 77.6 Å². The zero-order valence-corrected chi connectivity index (χ0v) is 20.5. The highest BCUT2D eigenvalue weighted by Gasteiger charge is 2.18. The van der Waals surface area contributed by atoms with Gasteiger partial charge in [0.25, 0.3) is 5.56 Å². The number of carbonyl (C=O) groups is 1. The molecule has 0 aliphatic rings. The molecule has 1 amide bonds. The van der Waals surface area contributed by atoms with Crippen LogP contribution >= 0.6 is 11.3 Å². The van der Waals surface area contributed by atoms with Crippen molar-refractivity contribution in [1.29, 1.82) is 0 Å². The fourth-order valence-corrected chi connectivity index (χ4v) is 5.00. The molecule has 2 aromatic heterocycles. The molecule has 5 aromatic rings. The predicted octanol–water partition coefficient (Wildman–Crippen LogP) is 5.75. The van der Waals surface area contributed by atoms with Crippen LogP contribution < -0.4 is 10.9 Å². The van der Waals surface area contributed by atoms with E-state index >= 15 is 0 Å². The van der Waals surface area contributed by atoms with Gasteiger partial charge in [-0.25, -0.2) is 9.67 Å². The molecule has 174 valence electrons. The lowest BCUT2D eigenvalue weighted by atomic mass is 10.0. The van der Waals surface area contributed by atoms with Crippen molar-refractivity contribution in [3.05, 3.63) is 100.0 Å². The summed E-state index contributed by atoms with van der Waals surface area (Å²) in [7, 11) is 0. The molecule has 0 saturated carbocycles. The molecule has 6 nitrogen and oxygen atoms in total. The van der Waals surface area contributed by atoms with E-state index in [1.54, 1.807) is 6.07 Å². The van der Waals surface area contributed by atoms with Crippen molar-refractivity contribution in [2.45, 2.75) is 27.3 Å². The van der Waals surface area contributed by atoms with Gasteiger partial charge >= 0.3 is 0 Å². The van der Waals surface area contributed by atoms with E-state index in [9.17, 15) is 9.59 Å². The molecule has 0 atom stereocenters. The maximum absolute atomic E-state index is 12.9. The second kappa shape index (κ2) is 9.27. The van der Waals surface area contributed by atoms with Gasteiger partial charge in [0.15, 0.2) is 5.13 Å². The highest BCUT2D eigenvalue weighted by atomic mass is 32.1. The van der Waals surface area contributed by atoms with Crippen LogP contribution in [0, 0.1) is 20.8 Å². The number of rotatable bonds is 5. The normalized spacial score (nSPS) is 11.1. The molecule has 5 rings (SSSR count). The van der Waals surface area contributed by atoms with Gasteiger partial charge in [-0.3, -0.25) is 9.59 Å². The molecule has 3 aromatic carbocycles. The highest BCUT2D eigenvalue weighted by Crippen LogP contribution is 2.39. The number of aromatic nitrogens is 3. The Morgan fingerprint density at radius 1 is 0.857 bits per heavy atom. The van der Waals surface area contributed by atoms with Crippen LogP contribution in [0.1, 0.15) is 16.8 Å². The third-order valence-electron chi connectivity index (χ3n) is 5.86. The molecular formula is C28H24N4O2S. The van der Waals surface area contributed by atoms with Crippen molar-refractivity contribution in [1.82, 2.24) is 14.8 Å². The van der Waals surface area contributed by atoms with Crippen LogP contribution in [0.25, 0.3) is 32.5 Å². The Morgan fingerprint density at radius 2 is 1.46 bits per heavy atom. The Hall–Kier alpha value is -4.10. The van der Waals surface area contributed by atoms with E-state index in [1.165, 1.54) is 21.6 Å². The molecule has 0 unspecified atom stereocenters. The zero-order valence-electron chi connectivity index (χ0n) is 19.7. The third kappa shape index (κ3) is 4.63. The van der Waals surface area contributed by atoms with E-state index < -0.39 is 0 Å². The summed E-state index contributed by atoms with van der Waals surface area (Å²) in [6, 6.07) is 23.7. The minimum atomic E-state index is -0.353. The Balaban J connectivity index is 1.47. The molecule has 35 heavy (non-hydrogen) atoms. The molecule has 7 heteroatoms. The lowest BCUT2D eigenvalue weighted by Crippen LogP contribution is -2.30. The van der Waals surface area contributed by atoms with Gasteiger partial charge in [-0.05, 0) is 32.4 Å². The number of hydrogen-bond acceptors (Lipinski definition) is 5. The molecule has 1 N–H and O–H groups in total. The molecule has 0 aliphatic heterocycles. The Morgan fingerprint density at radius 3 is 2.11 bits per heavy atom. The number of aryl methyl sites for hydroxylation is 3. The Kier molecular flexibility index (Phi) is 6.01. The maximum Gasteiger partial charge on any atom is 0.275 e. The van der Waals surface area contributed by atoms with Gasteiger partial charge in [0.1, 0.15) is 6.54 Å². The minimum Gasteiger partial charge on any atom is -0.300 e. The minimum absolute atomic E-state index is 0.191. The van der Waals surface area contributed by atoms with Crippen molar-refractivity contribution in [2.75, 3.05) is 5.32 Å². The topological polar surface area (TPSA) is 76.9 Å². The van der Waals surface area contributed by atoms with E-state index in [4.69, 9.17) is 4.98 Å². The third-order valence-corrected chi connectivity index (χ3v) is 6.88. The van der Waals surface area contributed by atoms with Gasteiger partial charge in [-0.1, -0.05) is 89.2 Å². The Bertz CT molecular complexity index is 1540. The molecule has 0 spiro atoms. The Labute approximate surface area is 206 Å². The van der Waals surface area contributed by atoms with Crippen LogP contribution in [0.2, 0.25) is 0 Å². The average molecular weight is 481 g/mol. The number of benzene rings is 3. The quantitative estimate of drug-likeness (QED) is 0.347. The summed E-state index contributed by atoms with van der Waals surface area (Å²) >= 11 is 1.42. The predicted molar refractivity (Wildman–Crippen MR) is 142 cm³/mol. The largest absolute Gasteiger partial charge is 0.300 e. The van der Waals surface area contributed by atoms with Crippen molar-refractivity contribution in [3.63, 3.8) is 0 Å². The first-order chi connectivity index (χ1) is 16.9. The SMILES string of the molecule is Cc1ccc(-c2nc(NC(=O)Cn3nc(C)c4ccccc4c3=O)sc2-c2ccc(C)cc2)cc1. The van der Waals surface area contributed by atoms with Gasteiger partial charge in [-0.2, -0.15) is 5.10 Å². The summed E-state index contributed by atoms with van der Waals surface area (Å²) in [5.74, 6) is -0.353. The van der Waals surface area contributed by atoms with E-state index in [-0.39, 0.29) is 18.0 Å². The molecule has 0 bridgehead atoms. The monoisotopic (exact) mass is 480 g/mol. The zero-order chi connectivity index (χ0) is 24.5. The highest BCUT2D eigenvalue weighted by molar-refractivity contribution is 7.19. The first-order valence-corrected chi connectivity index (χ1v) is 12.1. The van der Waals surface area contributed by atoms with Gasteiger partial charge in [0.2, 0.25) is 5.91 Å². The van der Waals surface area contributed by atoms with E-state index in [0.717, 1.165) is 32.6 Å². The summed E-state index contributed by atoms with van der Waals surface area (Å²) in [6.45, 7) is 5.73. The fourth-order valence-electron chi connectivity index (χ4n) is 3.99. The second-order valence-electron chi connectivity index (χ2n) is 8.57. The number of amides is 1. The number of anilines is 1. The molecule has 0 saturated heterocycles. The number of hydrogen-bond donors (Lipinski definition) is 1. The van der Waals surface area contributed by atoms with Gasteiger partial charge in [0.05, 0.1) is 21.7 Å². The van der Waals surface area contributed by atoms with Crippen molar-refractivity contribution >= 4 is 33.1 Å². The number of thiazole rings is 1. The summed E-state index contributed by atoms with van der Waals surface area (Å²) in [6.07, 6.45) is 0. The number of nitrogens with zero attached hydrogens (tertiary/aromatic N) is 3. The first kappa shape index (κ1) is 22.7. The lowest BCUT2D eigenvalue weighted by molar-refractivity contribution is -0.117. The summed E-state index contributed by atoms with van der Waals surface area (Å²) in [5.41, 5.74) is 5.57. The van der Waals surface area contributed by atoms with Crippen LogP contribution in [0.4, 0.5) is 5.13 Å².